The zero-order valence-corrected chi connectivity index (χ0v) is 13.8. The van der Waals surface area contributed by atoms with Crippen LogP contribution >= 0.6 is 0 Å². The maximum atomic E-state index is 6.10. The molecule has 0 bridgehead atoms. The first-order valence-electron chi connectivity index (χ1n) is 8.01. The Labute approximate surface area is 124 Å². The summed E-state index contributed by atoms with van der Waals surface area (Å²) in [6.07, 6.45) is 3.66. The molecular weight excluding hydrogens is 246 g/mol. The lowest BCUT2D eigenvalue weighted by molar-refractivity contribution is 0.187. The molecule has 1 atom stereocenters. The Morgan fingerprint density at radius 2 is 1.75 bits per heavy atom. The molecule has 0 aliphatic carbocycles. The normalized spacial score (nSPS) is 13.2. The lowest BCUT2D eigenvalue weighted by atomic mass is 9.82. The average molecular weight is 277 g/mol. The van der Waals surface area contributed by atoms with Crippen LogP contribution in [0.2, 0.25) is 0 Å². The smallest absolute Gasteiger partial charge is 0.119 e. The molecule has 114 valence electrons. The first-order valence-corrected chi connectivity index (χ1v) is 8.01. The van der Waals surface area contributed by atoms with Crippen LogP contribution in [0.15, 0.2) is 24.3 Å². The summed E-state index contributed by atoms with van der Waals surface area (Å²) in [5.41, 5.74) is 1.62. The second kappa shape index (κ2) is 8.31. The summed E-state index contributed by atoms with van der Waals surface area (Å²) in [6, 6.07) is 8.63. The summed E-state index contributed by atoms with van der Waals surface area (Å²) in [5.74, 6) is 0.983. The quantitative estimate of drug-likeness (QED) is 0.716. The van der Waals surface area contributed by atoms with Gasteiger partial charge in [0.2, 0.25) is 0 Å². The van der Waals surface area contributed by atoms with Gasteiger partial charge in [-0.3, -0.25) is 0 Å². The van der Waals surface area contributed by atoms with Crippen LogP contribution in [-0.4, -0.2) is 19.2 Å². The Hall–Kier alpha value is -1.02. The molecule has 0 saturated heterocycles. The summed E-state index contributed by atoms with van der Waals surface area (Å²) in [7, 11) is 0. The lowest BCUT2D eigenvalue weighted by Gasteiger charge is -2.24. The maximum absolute atomic E-state index is 6.10. The van der Waals surface area contributed by atoms with E-state index in [0.717, 1.165) is 38.1 Å². The van der Waals surface area contributed by atoms with Gasteiger partial charge in [0.25, 0.3) is 0 Å². The van der Waals surface area contributed by atoms with Gasteiger partial charge < -0.3 is 10.1 Å². The minimum absolute atomic E-state index is 0.241. The third-order valence-corrected chi connectivity index (χ3v) is 4.06. The van der Waals surface area contributed by atoms with E-state index in [1.54, 1.807) is 0 Å². The van der Waals surface area contributed by atoms with Crippen molar-refractivity contribution in [1.82, 2.24) is 5.32 Å². The van der Waals surface area contributed by atoms with Crippen LogP contribution in [0.4, 0.5) is 0 Å². The van der Waals surface area contributed by atoms with Gasteiger partial charge >= 0.3 is 0 Å². The van der Waals surface area contributed by atoms with Crippen LogP contribution in [0, 0.1) is 0 Å². The van der Waals surface area contributed by atoms with Crippen molar-refractivity contribution in [3.8, 4) is 5.75 Å². The molecule has 0 aliphatic heterocycles. The van der Waals surface area contributed by atoms with E-state index in [1.165, 1.54) is 5.56 Å². The monoisotopic (exact) mass is 277 g/mol. The number of nitrogens with one attached hydrogen (secondary N) is 1. The van der Waals surface area contributed by atoms with Gasteiger partial charge in [-0.15, -0.1) is 0 Å². The minimum atomic E-state index is 0.241. The summed E-state index contributed by atoms with van der Waals surface area (Å²) < 4.78 is 6.10. The van der Waals surface area contributed by atoms with Crippen LogP contribution in [0.3, 0.4) is 0 Å². The Kier molecular flexibility index (Phi) is 7.08. The number of ether oxygens (including phenoxy) is 1. The Bertz CT molecular complexity index is 370. The Morgan fingerprint density at radius 1 is 1.10 bits per heavy atom. The fraction of sp³-hybridized carbons (Fsp3) is 0.667. The number of benzene rings is 1. The zero-order valence-electron chi connectivity index (χ0n) is 13.8. The molecule has 1 aromatic rings. The topological polar surface area (TPSA) is 21.3 Å². The van der Waals surface area contributed by atoms with Gasteiger partial charge in [-0.1, -0.05) is 53.2 Å². The van der Waals surface area contributed by atoms with Crippen molar-refractivity contribution in [2.75, 3.05) is 13.1 Å². The average Bonchev–Trinajstić information content (AvgIpc) is 2.45. The number of hydrogen-bond acceptors (Lipinski definition) is 2. The molecule has 0 saturated carbocycles. The van der Waals surface area contributed by atoms with Gasteiger partial charge in [0, 0.05) is 6.54 Å². The Morgan fingerprint density at radius 3 is 2.25 bits per heavy atom. The highest BCUT2D eigenvalue weighted by atomic mass is 16.5. The van der Waals surface area contributed by atoms with E-state index in [1.807, 2.05) is 0 Å². The molecule has 0 fully saturated rings. The van der Waals surface area contributed by atoms with Crippen molar-refractivity contribution in [3.63, 3.8) is 0 Å². The molecule has 2 nitrogen and oxygen atoms in total. The molecule has 0 spiro atoms. The summed E-state index contributed by atoms with van der Waals surface area (Å²) >= 11 is 0. The van der Waals surface area contributed by atoms with E-state index in [-0.39, 0.29) is 11.5 Å². The highest BCUT2D eigenvalue weighted by molar-refractivity contribution is 5.31. The van der Waals surface area contributed by atoms with E-state index in [9.17, 15) is 0 Å². The fourth-order valence-corrected chi connectivity index (χ4v) is 2.21. The van der Waals surface area contributed by atoms with Gasteiger partial charge in [-0.2, -0.15) is 0 Å². The van der Waals surface area contributed by atoms with Crippen molar-refractivity contribution in [1.29, 1.82) is 0 Å². The van der Waals surface area contributed by atoms with Crippen molar-refractivity contribution in [2.24, 2.45) is 0 Å². The van der Waals surface area contributed by atoms with Crippen molar-refractivity contribution < 1.29 is 4.74 Å². The molecular formula is C18H31NO. The predicted octanol–water partition coefficient (Wildman–Crippen LogP) is 4.53. The van der Waals surface area contributed by atoms with E-state index in [4.69, 9.17) is 4.74 Å². The second-order valence-corrected chi connectivity index (χ2v) is 6.10. The standard InChI is InChI=1S/C18H31NO/c1-6-9-17(14-19-8-3)20-16-12-10-15(11-13-16)18(4,5)7-2/h10-13,17,19H,6-9,14H2,1-5H3. The summed E-state index contributed by atoms with van der Waals surface area (Å²) in [5, 5.41) is 3.37. The van der Waals surface area contributed by atoms with E-state index < -0.39 is 0 Å². The third kappa shape index (κ3) is 5.16. The molecule has 1 aromatic carbocycles. The molecule has 20 heavy (non-hydrogen) atoms. The van der Waals surface area contributed by atoms with Crippen LogP contribution in [0.25, 0.3) is 0 Å². The number of rotatable bonds is 9. The maximum Gasteiger partial charge on any atom is 0.119 e. The summed E-state index contributed by atoms with van der Waals surface area (Å²) in [6.45, 7) is 13.1. The molecule has 0 heterocycles. The molecule has 0 aliphatic rings. The third-order valence-electron chi connectivity index (χ3n) is 4.06. The van der Waals surface area contributed by atoms with Crippen molar-refractivity contribution in [3.05, 3.63) is 29.8 Å². The van der Waals surface area contributed by atoms with E-state index in [2.05, 4.69) is 64.2 Å². The predicted molar refractivity (Wildman–Crippen MR) is 87.6 cm³/mol. The molecule has 0 aromatic heterocycles. The van der Waals surface area contributed by atoms with Crippen molar-refractivity contribution in [2.45, 2.75) is 65.4 Å². The molecule has 2 heteroatoms. The highest BCUT2D eigenvalue weighted by Crippen LogP contribution is 2.28. The van der Waals surface area contributed by atoms with Crippen molar-refractivity contribution >= 4 is 0 Å². The van der Waals surface area contributed by atoms with Gasteiger partial charge in [-0.05, 0) is 42.5 Å². The molecule has 1 unspecified atom stereocenters. The first kappa shape index (κ1) is 17.0. The molecule has 0 amide bonds. The van der Waals surface area contributed by atoms with Gasteiger partial charge in [0.1, 0.15) is 11.9 Å². The van der Waals surface area contributed by atoms with E-state index >= 15 is 0 Å². The number of hydrogen-bond donors (Lipinski definition) is 1. The van der Waals surface area contributed by atoms with Crippen LogP contribution < -0.4 is 10.1 Å². The van der Waals surface area contributed by atoms with Crippen LogP contribution in [-0.2, 0) is 5.41 Å². The molecule has 1 rings (SSSR count). The van der Waals surface area contributed by atoms with Gasteiger partial charge in [-0.25, -0.2) is 0 Å². The molecule has 0 radical (unpaired) electrons. The lowest BCUT2D eigenvalue weighted by Crippen LogP contribution is -2.31. The number of likely N-dealkylation sites (N-methyl/N-ethyl adjacent to an activating group) is 1. The molecule has 1 N–H and O–H groups in total. The minimum Gasteiger partial charge on any atom is -0.489 e. The van der Waals surface area contributed by atoms with Gasteiger partial charge in [0.05, 0.1) is 0 Å². The SMILES string of the molecule is CCCC(CNCC)Oc1ccc(C(C)(C)CC)cc1. The van der Waals surface area contributed by atoms with E-state index in [0.29, 0.717) is 0 Å². The van der Waals surface area contributed by atoms with Crippen LogP contribution in [0.5, 0.6) is 5.75 Å². The largest absolute Gasteiger partial charge is 0.489 e. The second-order valence-electron chi connectivity index (χ2n) is 6.10. The first-order chi connectivity index (χ1) is 9.53. The van der Waals surface area contributed by atoms with Gasteiger partial charge in [0.15, 0.2) is 0 Å². The Balaban J connectivity index is 2.67. The highest BCUT2D eigenvalue weighted by Gasteiger charge is 2.18. The fourth-order valence-electron chi connectivity index (χ4n) is 2.21. The summed E-state index contributed by atoms with van der Waals surface area (Å²) in [4.78, 5) is 0. The van der Waals surface area contributed by atoms with Crippen LogP contribution in [0.1, 0.15) is 59.4 Å². The zero-order chi connectivity index (χ0) is 15.0.